The van der Waals surface area contributed by atoms with E-state index < -0.39 is 0 Å². The number of likely N-dealkylation sites (N-methyl/N-ethyl adjacent to an activating group) is 1. The Balaban J connectivity index is 0.00000120. The van der Waals surface area contributed by atoms with Gasteiger partial charge in [-0.2, -0.15) is 0 Å². The van der Waals surface area contributed by atoms with Crippen LogP contribution in [-0.2, 0) is 4.79 Å². The van der Waals surface area contributed by atoms with Crippen LogP contribution in [0.2, 0.25) is 0 Å². The number of nitrogens with one attached hydrogen (secondary N) is 1. The summed E-state index contributed by atoms with van der Waals surface area (Å²) in [5, 5.41) is 3.35. The maximum atomic E-state index is 12.3. The molecule has 1 aliphatic carbocycles. The Morgan fingerprint density at radius 3 is 2.61 bits per heavy atom. The number of carbonyl (C=O) groups is 1. The number of likely N-dealkylation sites (tertiary alicyclic amines) is 2. The van der Waals surface area contributed by atoms with Crippen molar-refractivity contribution in [3.05, 3.63) is 0 Å². The molecular formula is C13H24ClN3O. The molecule has 0 radical (unpaired) electrons. The molecule has 3 fully saturated rings. The molecule has 18 heavy (non-hydrogen) atoms. The zero-order valence-corrected chi connectivity index (χ0v) is 11.9. The molecule has 2 unspecified atom stereocenters. The van der Waals surface area contributed by atoms with Gasteiger partial charge in [0.15, 0.2) is 0 Å². The van der Waals surface area contributed by atoms with Crippen LogP contribution < -0.4 is 5.32 Å². The molecule has 3 aliphatic rings. The number of halogens is 1. The minimum atomic E-state index is 0. The molecular weight excluding hydrogens is 250 g/mol. The number of carbonyl (C=O) groups excluding carboxylic acids is 1. The molecule has 0 bridgehead atoms. The summed E-state index contributed by atoms with van der Waals surface area (Å²) in [6, 6.07) is 1.36. The summed E-state index contributed by atoms with van der Waals surface area (Å²) >= 11 is 0. The average molecular weight is 274 g/mol. The molecule has 5 heteroatoms. The predicted octanol–water partition coefficient (Wildman–Crippen LogP) is 0.855. The SMILES string of the molecule is CNC1CCCN(C2CCN(C3CC3)C2=O)C1.Cl. The quantitative estimate of drug-likeness (QED) is 0.828. The van der Waals surface area contributed by atoms with Crippen molar-refractivity contribution in [3.63, 3.8) is 0 Å². The van der Waals surface area contributed by atoms with Gasteiger partial charge < -0.3 is 10.2 Å². The molecule has 1 saturated carbocycles. The highest BCUT2D eigenvalue weighted by atomic mass is 35.5. The first kappa shape index (κ1) is 14.1. The third-order valence-electron chi connectivity index (χ3n) is 4.50. The number of amides is 1. The third-order valence-corrected chi connectivity index (χ3v) is 4.50. The molecule has 2 saturated heterocycles. The maximum absolute atomic E-state index is 12.3. The van der Waals surface area contributed by atoms with Crippen molar-refractivity contribution in [2.45, 2.75) is 50.2 Å². The van der Waals surface area contributed by atoms with Gasteiger partial charge in [0.2, 0.25) is 5.91 Å². The van der Waals surface area contributed by atoms with Gasteiger partial charge in [-0.05, 0) is 45.7 Å². The van der Waals surface area contributed by atoms with Crippen molar-refractivity contribution < 1.29 is 4.79 Å². The van der Waals surface area contributed by atoms with E-state index in [9.17, 15) is 4.79 Å². The lowest BCUT2D eigenvalue weighted by Gasteiger charge is -2.35. The van der Waals surface area contributed by atoms with Crippen LogP contribution in [0.4, 0.5) is 0 Å². The van der Waals surface area contributed by atoms with Crippen molar-refractivity contribution in [2.75, 3.05) is 26.7 Å². The highest BCUT2D eigenvalue weighted by Crippen LogP contribution is 2.32. The van der Waals surface area contributed by atoms with Crippen LogP contribution in [0.15, 0.2) is 0 Å². The molecule has 0 aromatic heterocycles. The fourth-order valence-corrected chi connectivity index (χ4v) is 3.30. The second-order valence-corrected chi connectivity index (χ2v) is 5.69. The van der Waals surface area contributed by atoms with Crippen LogP contribution in [0, 0.1) is 0 Å². The van der Waals surface area contributed by atoms with Gasteiger partial charge in [0.05, 0.1) is 6.04 Å². The van der Waals surface area contributed by atoms with Gasteiger partial charge in [-0.15, -0.1) is 12.4 Å². The van der Waals surface area contributed by atoms with E-state index in [1.165, 1.54) is 25.7 Å². The first-order valence-corrected chi connectivity index (χ1v) is 7.01. The van der Waals surface area contributed by atoms with E-state index >= 15 is 0 Å². The Bertz CT molecular complexity index is 309. The standard InChI is InChI=1S/C13H23N3O.ClH/c1-14-10-3-2-7-15(9-10)12-6-8-16(13(12)17)11-4-5-11;/h10-12,14H,2-9H2,1H3;1H. The zero-order chi connectivity index (χ0) is 11.8. The molecule has 1 N–H and O–H groups in total. The van der Waals surface area contributed by atoms with Gasteiger partial charge in [0, 0.05) is 25.2 Å². The summed E-state index contributed by atoms with van der Waals surface area (Å²) in [7, 11) is 2.03. The maximum Gasteiger partial charge on any atom is 0.240 e. The highest BCUT2D eigenvalue weighted by molar-refractivity contribution is 5.85. The molecule has 104 valence electrons. The summed E-state index contributed by atoms with van der Waals surface area (Å²) in [4.78, 5) is 16.9. The number of piperidine rings is 1. The van der Waals surface area contributed by atoms with Gasteiger partial charge >= 0.3 is 0 Å². The fourth-order valence-electron chi connectivity index (χ4n) is 3.30. The van der Waals surface area contributed by atoms with Crippen molar-refractivity contribution in [1.82, 2.24) is 15.1 Å². The number of hydrogen-bond acceptors (Lipinski definition) is 3. The molecule has 4 nitrogen and oxygen atoms in total. The summed E-state index contributed by atoms with van der Waals surface area (Å²) in [5.74, 6) is 0.407. The van der Waals surface area contributed by atoms with Crippen LogP contribution in [0.3, 0.4) is 0 Å². The zero-order valence-electron chi connectivity index (χ0n) is 11.1. The van der Waals surface area contributed by atoms with Crippen LogP contribution in [0.25, 0.3) is 0 Å². The second-order valence-electron chi connectivity index (χ2n) is 5.69. The van der Waals surface area contributed by atoms with Crippen molar-refractivity contribution in [3.8, 4) is 0 Å². The lowest BCUT2D eigenvalue weighted by molar-refractivity contribution is -0.133. The number of rotatable bonds is 3. The number of hydrogen-bond donors (Lipinski definition) is 1. The minimum absolute atomic E-state index is 0. The monoisotopic (exact) mass is 273 g/mol. The van der Waals surface area contributed by atoms with Crippen LogP contribution in [-0.4, -0.2) is 60.5 Å². The summed E-state index contributed by atoms with van der Waals surface area (Å²) in [6.07, 6.45) is 5.99. The summed E-state index contributed by atoms with van der Waals surface area (Å²) in [6.45, 7) is 3.15. The van der Waals surface area contributed by atoms with Gasteiger partial charge in [0.25, 0.3) is 0 Å². The van der Waals surface area contributed by atoms with Gasteiger partial charge in [0.1, 0.15) is 0 Å². The van der Waals surface area contributed by atoms with Crippen molar-refractivity contribution >= 4 is 18.3 Å². The van der Waals surface area contributed by atoms with Crippen LogP contribution >= 0.6 is 12.4 Å². The Morgan fingerprint density at radius 1 is 1.17 bits per heavy atom. The average Bonchev–Trinajstić information content (AvgIpc) is 3.13. The van der Waals surface area contributed by atoms with Crippen LogP contribution in [0.5, 0.6) is 0 Å². The molecule has 2 heterocycles. The van der Waals surface area contributed by atoms with Gasteiger partial charge in [-0.3, -0.25) is 9.69 Å². The van der Waals surface area contributed by atoms with E-state index in [1.54, 1.807) is 0 Å². The summed E-state index contributed by atoms with van der Waals surface area (Å²) in [5.41, 5.74) is 0. The topological polar surface area (TPSA) is 35.6 Å². The molecule has 0 aromatic carbocycles. The smallest absolute Gasteiger partial charge is 0.240 e. The Hall–Kier alpha value is -0.320. The molecule has 0 aromatic rings. The molecule has 2 aliphatic heterocycles. The third kappa shape index (κ3) is 2.65. The van der Waals surface area contributed by atoms with Crippen molar-refractivity contribution in [1.29, 1.82) is 0 Å². The molecule has 1 amide bonds. The number of nitrogens with zero attached hydrogens (tertiary/aromatic N) is 2. The van der Waals surface area contributed by atoms with E-state index in [1.807, 2.05) is 7.05 Å². The van der Waals surface area contributed by atoms with E-state index in [2.05, 4.69) is 15.1 Å². The highest BCUT2D eigenvalue weighted by Gasteiger charge is 2.43. The van der Waals surface area contributed by atoms with Gasteiger partial charge in [-0.25, -0.2) is 0 Å². The Morgan fingerprint density at radius 2 is 1.94 bits per heavy atom. The Kier molecular flexibility index (Phi) is 4.51. The fraction of sp³-hybridized carbons (Fsp3) is 0.923. The van der Waals surface area contributed by atoms with E-state index in [4.69, 9.17) is 0 Å². The normalized spacial score (nSPS) is 33.6. The van der Waals surface area contributed by atoms with Crippen molar-refractivity contribution in [2.24, 2.45) is 0 Å². The van der Waals surface area contributed by atoms with Gasteiger partial charge in [-0.1, -0.05) is 0 Å². The largest absolute Gasteiger partial charge is 0.338 e. The lowest BCUT2D eigenvalue weighted by atomic mass is 10.0. The molecule has 2 atom stereocenters. The Labute approximate surface area is 115 Å². The lowest BCUT2D eigenvalue weighted by Crippen LogP contribution is -2.51. The van der Waals surface area contributed by atoms with E-state index in [0.29, 0.717) is 18.0 Å². The van der Waals surface area contributed by atoms with Crippen LogP contribution in [0.1, 0.15) is 32.1 Å². The molecule has 0 spiro atoms. The molecule has 3 rings (SSSR count). The summed E-state index contributed by atoms with van der Waals surface area (Å²) < 4.78 is 0. The second kappa shape index (κ2) is 5.76. The first-order valence-electron chi connectivity index (χ1n) is 7.01. The predicted molar refractivity (Wildman–Crippen MR) is 74.0 cm³/mol. The van der Waals surface area contributed by atoms with E-state index in [-0.39, 0.29) is 18.4 Å². The first-order chi connectivity index (χ1) is 8.29. The minimum Gasteiger partial charge on any atom is -0.338 e. The van der Waals surface area contributed by atoms with E-state index in [0.717, 1.165) is 26.1 Å².